The van der Waals surface area contributed by atoms with Gasteiger partial charge in [-0.15, -0.1) is 0 Å². The zero-order valence-electron chi connectivity index (χ0n) is 12.3. The van der Waals surface area contributed by atoms with Crippen LogP contribution in [-0.2, 0) is 10.1 Å². The smallest absolute Gasteiger partial charge is 0.485 e. The number of nitrogens with one attached hydrogen (secondary N) is 1. The van der Waals surface area contributed by atoms with E-state index in [0.717, 1.165) is 17.0 Å². The zero-order valence-corrected chi connectivity index (χ0v) is 13.1. The van der Waals surface area contributed by atoms with Crippen molar-refractivity contribution >= 4 is 21.2 Å². The lowest BCUT2D eigenvalue weighted by Gasteiger charge is -2.08. The Morgan fingerprint density at radius 3 is 2.17 bits per heavy atom. The van der Waals surface area contributed by atoms with Crippen LogP contribution in [0.4, 0.5) is 13.2 Å². The zero-order chi connectivity index (χ0) is 18.0. The van der Waals surface area contributed by atoms with Crippen molar-refractivity contribution in [3.05, 3.63) is 54.4 Å². The summed E-state index contributed by atoms with van der Waals surface area (Å²) < 4.78 is 64.4. The molecule has 2 aromatic carbocycles. The number of H-pyrrole nitrogens is 1. The number of alkyl halides is 3. The van der Waals surface area contributed by atoms with E-state index in [1.807, 2.05) is 31.2 Å². The van der Waals surface area contributed by atoms with Gasteiger partial charge in [0, 0.05) is 6.07 Å². The summed E-state index contributed by atoms with van der Waals surface area (Å²) in [6.07, 6.45) is 0. The predicted octanol–water partition coefficient (Wildman–Crippen LogP) is 3.27. The number of aromatic nitrogens is 1. The van der Waals surface area contributed by atoms with Crippen LogP contribution in [-0.4, -0.2) is 18.5 Å². The largest absolute Gasteiger partial charge is 0.741 e. The van der Waals surface area contributed by atoms with Gasteiger partial charge in [0.1, 0.15) is 0 Å². The van der Waals surface area contributed by atoms with Gasteiger partial charge < -0.3 is 8.97 Å². The molecule has 5 nitrogen and oxygen atoms in total. The summed E-state index contributed by atoms with van der Waals surface area (Å²) >= 11 is 0. The molecule has 1 aromatic heterocycles. The number of aryl methyl sites for hydroxylation is 1. The van der Waals surface area contributed by atoms with Gasteiger partial charge in [0.15, 0.2) is 10.1 Å². The molecular formula is C15H12F3NO4S. The van der Waals surface area contributed by atoms with E-state index in [4.69, 9.17) is 17.4 Å². The summed E-state index contributed by atoms with van der Waals surface area (Å²) in [7, 11) is -6.09. The molecule has 0 aliphatic rings. The molecule has 0 radical (unpaired) electrons. The van der Waals surface area contributed by atoms with Crippen LogP contribution in [0, 0.1) is 6.92 Å². The third-order valence-corrected chi connectivity index (χ3v) is 3.51. The van der Waals surface area contributed by atoms with Crippen LogP contribution in [0.25, 0.3) is 22.2 Å². The maximum Gasteiger partial charge on any atom is 0.485 e. The molecule has 0 aliphatic heterocycles. The summed E-state index contributed by atoms with van der Waals surface area (Å²) in [5, 5.41) is 0. The van der Waals surface area contributed by atoms with Crippen LogP contribution in [0.1, 0.15) is 5.89 Å². The molecule has 0 saturated carbocycles. The average molecular weight is 359 g/mol. The van der Waals surface area contributed by atoms with Gasteiger partial charge >= 0.3 is 11.4 Å². The minimum Gasteiger partial charge on any atom is -0.741 e. The quantitative estimate of drug-likeness (QED) is 0.493. The Labute approximate surface area is 135 Å². The van der Waals surface area contributed by atoms with Crippen molar-refractivity contribution in [3.63, 3.8) is 0 Å². The predicted molar refractivity (Wildman–Crippen MR) is 78.7 cm³/mol. The number of aromatic amines is 1. The maximum absolute atomic E-state index is 10.7. The number of hydrogen-bond acceptors (Lipinski definition) is 4. The second-order valence-corrected chi connectivity index (χ2v) is 6.13. The fourth-order valence-corrected chi connectivity index (χ4v) is 1.91. The molecule has 0 saturated heterocycles. The fraction of sp³-hybridized carbons (Fsp3) is 0.133. The van der Waals surface area contributed by atoms with Crippen molar-refractivity contribution in [2.45, 2.75) is 12.4 Å². The second-order valence-electron chi connectivity index (χ2n) is 4.76. The van der Waals surface area contributed by atoms with E-state index < -0.39 is 15.6 Å². The monoisotopic (exact) mass is 359 g/mol. The number of halogens is 3. The molecule has 1 heterocycles. The van der Waals surface area contributed by atoms with E-state index in [9.17, 15) is 13.2 Å². The highest BCUT2D eigenvalue weighted by molar-refractivity contribution is 7.86. The Bertz CT molecular complexity index is 934. The summed E-state index contributed by atoms with van der Waals surface area (Å²) in [5.41, 5.74) is -1.29. The summed E-state index contributed by atoms with van der Waals surface area (Å²) in [6.45, 7) is 1.92. The Kier molecular flexibility index (Phi) is 4.95. The lowest BCUT2D eigenvalue weighted by molar-refractivity contribution is -0.365. The first-order chi connectivity index (χ1) is 11.1. The van der Waals surface area contributed by atoms with E-state index in [-0.39, 0.29) is 0 Å². The molecular weight excluding hydrogens is 347 g/mol. The van der Waals surface area contributed by atoms with E-state index >= 15 is 0 Å². The molecule has 0 bridgehead atoms. The van der Waals surface area contributed by atoms with E-state index in [1.54, 1.807) is 0 Å². The van der Waals surface area contributed by atoms with Gasteiger partial charge in [-0.3, -0.25) is 0 Å². The van der Waals surface area contributed by atoms with Crippen molar-refractivity contribution < 1.29 is 35.5 Å². The molecule has 0 spiro atoms. The maximum atomic E-state index is 10.7. The molecule has 128 valence electrons. The molecule has 0 atom stereocenters. The Hall–Kier alpha value is -2.39. The third-order valence-electron chi connectivity index (χ3n) is 2.94. The minimum absolute atomic E-state index is 0.834. The van der Waals surface area contributed by atoms with Crippen LogP contribution < -0.4 is 4.98 Å². The first kappa shape index (κ1) is 18.0. The lowest BCUT2D eigenvalue weighted by Crippen LogP contribution is -2.21. The van der Waals surface area contributed by atoms with Crippen molar-refractivity contribution in [3.8, 4) is 11.1 Å². The number of rotatable bonds is 1. The highest BCUT2D eigenvalue weighted by Gasteiger charge is 2.36. The Balaban J connectivity index is 0.000000224. The second kappa shape index (κ2) is 6.62. The molecule has 0 amide bonds. The van der Waals surface area contributed by atoms with Crippen molar-refractivity contribution in [1.29, 1.82) is 0 Å². The van der Waals surface area contributed by atoms with Crippen LogP contribution in [0.2, 0.25) is 0 Å². The van der Waals surface area contributed by atoms with Crippen molar-refractivity contribution in [1.82, 2.24) is 0 Å². The Morgan fingerprint density at radius 1 is 1.04 bits per heavy atom. The average Bonchev–Trinajstić information content (AvgIpc) is 2.86. The highest BCUT2D eigenvalue weighted by Crippen LogP contribution is 2.23. The SMILES string of the molecule is Cc1[nH+]c2cc(-c3ccccc3)ccc2o1.O=S(=O)([O-])C(F)(F)F. The molecule has 3 rings (SSSR count). The van der Waals surface area contributed by atoms with Gasteiger partial charge in [-0.05, 0) is 17.2 Å². The van der Waals surface area contributed by atoms with Crippen LogP contribution in [0.5, 0.6) is 0 Å². The molecule has 3 aromatic rings. The van der Waals surface area contributed by atoms with E-state index in [2.05, 4.69) is 29.2 Å². The fourth-order valence-electron chi connectivity index (χ4n) is 1.91. The molecule has 1 N–H and O–H groups in total. The highest BCUT2D eigenvalue weighted by atomic mass is 32.2. The van der Waals surface area contributed by atoms with Crippen LogP contribution in [0.3, 0.4) is 0 Å². The normalized spacial score (nSPS) is 11.9. The molecule has 24 heavy (non-hydrogen) atoms. The van der Waals surface area contributed by atoms with Gasteiger partial charge in [-0.1, -0.05) is 36.4 Å². The molecule has 0 unspecified atom stereocenters. The van der Waals surface area contributed by atoms with E-state index in [1.165, 1.54) is 11.1 Å². The number of benzene rings is 2. The lowest BCUT2D eigenvalue weighted by atomic mass is 10.1. The van der Waals surface area contributed by atoms with E-state index in [0.29, 0.717) is 0 Å². The van der Waals surface area contributed by atoms with Crippen molar-refractivity contribution in [2.75, 3.05) is 0 Å². The van der Waals surface area contributed by atoms with Gasteiger partial charge in [-0.25, -0.2) is 8.42 Å². The Morgan fingerprint density at radius 2 is 1.62 bits per heavy atom. The minimum atomic E-state index is -6.09. The number of oxazole rings is 1. The summed E-state index contributed by atoms with van der Waals surface area (Å²) in [5.74, 6) is 0.834. The summed E-state index contributed by atoms with van der Waals surface area (Å²) in [4.78, 5) is 3.20. The topological polar surface area (TPSA) is 84.5 Å². The van der Waals surface area contributed by atoms with Gasteiger partial charge in [-0.2, -0.15) is 18.2 Å². The first-order valence-electron chi connectivity index (χ1n) is 6.58. The van der Waals surface area contributed by atoms with Crippen LogP contribution in [0.15, 0.2) is 52.9 Å². The van der Waals surface area contributed by atoms with Crippen molar-refractivity contribution in [2.24, 2.45) is 0 Å². The third kappa shape index (κ3) is 4.33. The first-order valence-corrected chi connectivity index (χ1v) is 7.99. The number of fused-ring (bicyclic) bond motifs is 1. The molecule has 0 fully saturated rings. The molecule has 9 heteroatoms. The molecule has 0 aliphatic carbocycles. The van der Waals surface area contributed by atoms with Gasteiger partial charge in [0.05, 0.1) is 6.92 Å². The van der Waals surface area contributed by atoms with Crippen LogP contribution >= 0.6 is 0 Å². The standard InChI is InChI=1S/C14H11NO.CHF3O3S/c1-10-15-13-9-12(7-8-14(13)16-10)11-5-3-2-4-6-11;2-1(3,4)8(5,6)7/h2-9H,1H3;(H,5,6,7). The summed E-state index contributed by atoms with van der Waals surface area (Å²) in [6, 6.07) is 16.5. The number of hydrogen-bond donors (Lipinski definition) is 0. The van der Waals surface area contributed by atoms with Gasteiger partial charge in [0.2, 0.25) is 11.1 Å². The van der Waals surface area contributed by atoms with Gasteiger partial charge in [0.25, 0.3) is 0 Å².